The van der Waals surface area contributed by atoms with Crippen LogP contribution in [-0.4, -0.2) is 34.2 Å². The lowest BCUT2D eigenvalue weighted by molar-refractivity contribution is -0.142. The van der Waals surface area contributed by atoms with Crippen LogP contribution in [0.15, 0.2) is 42.7 Å². The first kappa shape index (κ1) is 22.8. The van der Waals surface area contributed by atoms with E-state index in [1.807, 2.05) is 6.07 Å². The van der Waals surface area contributed by atoms with Crippen LogP contribution in [0.2, 0.25) is 0 Å². The highest BCUT2D eigenvalue weighted by molar-refractivity contribution is 6.00. The van der Waals surface area contributed by atoms with E-state index < -0.39 is 17.7 Å². The number of nitrogens with one attached hydrogen (secondary N) is 1. The van der Waals surface area contributed by atoms with E-state index >= 15 is 0 Å². The fourth-order valence-electron chi connectivity index (χ4n) is 2.99. The highest BCUT2D eigenvalue weighted by Crippen LogP contribution is 2.35. The standard InChI is InChI=1S/C23H26N4O5/c1-5-30-19(28)13-15-18(10-12-26-21(15)24)31-17-9-8-16(20-14(17)7-6-11-25-20)27-22(29)32-23(2,3)4/h6-12H,5,13H2,1-4H3,(H2,24,26)(H,27,29). The molecule has 3 rings (SSSR count). The molecule has 9 heteroatoms. The van der Waals surface area contributed by atoms with Crippen molar-refractivity contribution in [2.45, 2.75) is 39.7 Å². The van der Waals surface area contributed by atoms with Gasteiger partial charge in [-0.1, -0.05) is 0 Å². The zero-order valence-electron chi connectivity index (χ0n) is 18.5. The van der Waals surface area contributed by atoms with Crippen molar-refractivity contribution >= 4 is 34.5 Å². The Morgan fingerprint density at radius 2 is 1.84 bits per heavy atom. The number of ether oxygens (including phenoxy) is 3. The van der Waals surface area contributed by atoms with Crippen LogP contribution >= 0.6 is 0 Å². The lowest BCUT2D eigenvalue weighted by atomic mass is 10.1. The largest absolute Gasteiger partial charge is 0.466 e. The van der Waals surface area contributed by atoms with E-state index in [9.17, 15) is 9.59 Å². The molecular weight excluding hydrogens is 412 g/mol. The molecule has 0 saturated carbocycles. The molecule has 0 unspecified atom stereocenters. The van der Waals surface area contributed by atoms with Gasteiger partial charge in [0.05, 0.1) is 24.2 Å². The number of aromatic nitrogens is 2. The second-order valence-corrected chi connectivity index (χ2v) is 7.89. The smallest absolute Gasteiger partial charge is 0.412 e. The molecule has 168 valence electrons. The third kappa shape index (κ3) is 5.63. The highest BCUT2D eigenvalue weighted by atomic mass is 16.6. The Kier molecular flexibility index (Phi) is 6.77. The van der Waals surface area contributed by atoms with Gasteiger partial charge in [-0.15, -0.1) is 0 Å². The summed E-state index contributed by atoms with van der Waals surface area (Å²) in [5, 5.41) is 3.37. The van der Waals surface area contributed by atoms with Crippen molar-refractivity contribution in [3.63, 3.8) is 0 Å². The summed E-state index contributed by atoms with van der Waals surface area (Å²) in [6, 6.07) is 8.56. The number of carbonyl (C=O) groups is 2. The number of rotatable bonds is 6. The van der Waals surface area contributed by atoms with Crippen LogP contribution in [0.25, 0.3) is 10.9 Å². The molecule has 0 fully saturated rings. The van der Waals surface area contributed by atoms with Crippen molar-refractivity contribution in [2.24, 2.45) is 0 Å². The first-order valence-electron chi connectivity index (χ1n) is 10.1. The number of esters is 1. The lowest BCUT2D eigenvalue weighted by Gasteiger charge is -2.20. The molecule has 0 atom stereocenters. The summed E-state index contributed by atoms with van der Waals surface area (Å²) >= 11 is 0. The van der Waals surface area contributed by atoms with Crippen molar-refractivity contribution in [3.8, 4) is 11.5 Å². The number of nitrogens with zero attached hydrogens (tertiary/aromatic N) is 2. The van der Waals surface area contributed by atoms with Crippen LogP contribution in [0.3, 0.4) is 0 Å². The Morgan fingerprint density at radius 1 is 1.06 bits per heavy atom. The van der Waals surface area contributed by atoms with Crippen molar-refractivity contribution in [1.29, 1.82) is 0 Å². The Morgan fingerprint density at radius 3 is 2.56 bits per heavy atom. The highest BCUT2D eigenvalue weighted by Gasteiger charge is 2.19. The van der Waals surface area contributed by atoms with Crippen LogP contribution in [0, 0.1) is 0 Å². The zero-order chi connectivity index (χ0) is 23.3. The summed E-state index contributed by atoms with van der Waals surface area (Å²) in [6.07, 6.45) is 2.45. The molecule has 3 aromatic rings. The Bertz CT molecular complexity index is 1140. The number of nitrogen functional groups attached to an aromatic ring is 1. The van der Waals surface area contributed by atoms with Gasteiger partial charge in [0, 0.05) is 23.3 Å². The third-order valence-corrected chi connectivity index (χ3v) is 4.26. The number of fused-ring (bicyclic) bond motifs is 1. The van der Waals surface area contributed by atoms with E-state index in [1.165, 1.54) is 6.20 Å². The average Bonchev–Trinajstić information content (AvgIpc) is 2.71. The fraction of sp³-hybridized carbons (Fsp3) is 0.304. The molecule has 0 aliphatic rings. The fourth-order valence-corrected chi connectivity index (χ4v) is 2.99. The predicted molar refractivity (Wildman–Crippen MR) is 121 cm³/mol. The molecule has 0 aliphatic carbocycles. The number of hydrogen-bond acceptors (Lipinski definition) is 8. The molecule has 0 spiro atoms. The Labute approximate surface area is 185 Å². The summed E-state index contributed by atoms with van der Waals surface area (Å²) in [5.41, 5.74) is 6.78. The number of carbonyl (C=O) groups excluding carboxylic acids is 2. The van der Waals surface area contributed by atoms with Crippen molar-refractivity contribution in [1.82, 2.24) is 9.97 Å². The van der Waals surface area contributed by atoms with E-state index in [-0.39, 0.29) is 18.8 Å². The first-order chi connectivity index (χ1) is 15.2. The van der Waals surface area contributed by atoms with Crippen molar-refractivity contribution in [2.75, 3.05) is 17.7 Å². The zero-order valence-corrected chi connectivity index (χ0v) is 18.5. The molecule has 0 saturated heterocycles. The van der Waals surface area contributed by atoms with Gasteiger partial charge in [-0.2, -0.15) is 0 Å². The predicted octanol–water partition coefficient (Wildman–Crippen LogP) is 4.46. The number of pyridine rings is 2. The maximum atomic E-state index is 12.2. The minimum absolute atomic E-state index is 0.0721. The summed E-state index contributed by atoms with van der Waals surface area (Å²) in [6.45, 7) is 7.35. The molecule has 1 amide bonds. The van der Waals surface area contributed by atoms with Crippen LogP contribution in [0.5, 0.6) is 11.5 Å². The van der Waals surface area contributed by atoms with E-state index in [0.717, 1.165) is 0 Å². The van der Waals surface area contributed by atoms with E-state index in [4.69, 9.17) is 19.9 Å². The molecule has 0 bridgehead atoms. The van der Waals surface area contributed by atoms with Crippen LogP contribution < -0.4 is 15.8 Å². The monoisotopic (exact) mass is 438 g/mol. The van der Waals surface area contributed by atoms with Crippen molar-refractivity contribution < 1.29 is 23.8 Å². The second kappa shape index (κ2) is 9.51. The summed E-state index contributed by atoms with van der Waals surface area (Å²) in [7, 11) is 0. The minimum Gasteiger partial charge on any atom is -0.466 e. The van der Waals surface area contributed by atoms with Gasteiger partial charge in [0.2, 0.25) is 0 Å². The molecule has 0 radical (unpaired) electrons. The van der Waals surface area contributed by atoms with Gasteiger partial charge in [-0.25, -0.2) is 9.78 Å². The summed E-state index contributed by atoms with van der Waals surface area (Å²) in [4.78, 5) is 32.7. The number of anilines is 2. The maximum absolute atomic E-state index is 12.2. The van der Waals surface area contributed by atoms with Gasteiger partial charge >= 0.3 is 12.1 Å². The van der Waals surface area contributed by atoms with Gasteiger partial charge in [-0.05, 0) is 58.0 Å². The molecule has 32 heavy (non-hydrogen) atoms. The normalized spacial score (nSPS) is 11.1. The van der Waals surface area contributed by atoms with Crippen molar-refractivity contribution in [3.05, 3.63) is 48.3 Å². The number of hydrogen-bond donors (Lipinski definition) is 2. The average molecular weight is 438 g/mol. The molecule has 1 aromatic carbocycles. The molecule has 0 aliphatic heterocycles. The van der Waals surface area contributed by atoms with Crippen LogP contribution in [-0.2, 0) is 20.7 Å². The second-order valence-electron chi connectivity index (χ2n) is 7.89. The van der Waals surface area contributed by atoms with Gasteiger partial charge in [0.25, 0.3) is 0 Å². The third-order valence-electron chi connectivity index (χ3n) is 4.26. The Balaban J connectivity index is 1.94. The van der Waals surface area contributed by atoms with Gasteiger partial charge in [-0.3, -0.25) is 15.1 Å². The lowest BCUT2D eigenvalue weighted by Crippen LogP contribution is -2.27. The van der Waals surface area contributed by atoms with E-state index in [0.29, 0.717) is 33.7 Å². The number of amides is 1. The van der Waals surface area contributed by atoms with E-state index in [2.05, 4.69) is 15.3 Å². The molecule has 3 N–H and O–H groups in total. The quantitative estimate of drug-likeness (QED) is 0.540. The van der Waals surface area contributed by atoms with E-state index in [1.54, 1.807) is 58.2 Å². The van der Waals surface area contributed by atoms with Gasteiger partial charge in [0.1, 0.15) is 22.9 Å². The topological polar surface area (TPSA) is 126 Å². The van der Waals surface area contributed by atoms with Crippen LogP contribution in [0.1, 0.15) is 33.3 Å². The summed E-state index contributed by atoms with van der Waals surface area (Å²) in [5.74, 6) is 0.601. The minimum atomic E-state index is -0.632. The Hall–Kier alpha value is -3.88. The van der Waals surface area contributed by atoms with Gasteiger partial charge in [0.15, 0.2) is 0 Å². The molecule has 9 nitrogen and oxygen atoms in total. The first-order valence-corrected chi connectivity index (χ1v) is 10.1. The number of nitrogens with two attached hydrogens (primary N) is 1. The molecule has 2 aromatic heterocycles. The SMILES string of the molecule is CCOC(=O)Cc1c(Oc2ccc(NC(=O)OC(C)(C)C)c3ncccc23)ccnc1N. The molecule has 2 heterocycles. The van der Waals surface area contributed by atoms with Gasteiger partial charge < -0.3 is 19.9 Å². The number of benzene rings is 1. The maximum Gasteiger partial charge on any atom is 0.412 e. The van der Waals surface area contributed by atoms with Crippen LogP contribution in [0.4, 0.5) is 16.3 Å². The molecular formula is C23H26N4O5. The summed E-state index contributed by atoms with van der Waals surface area (Å²) < 4.78 is 16.5.